The molecule has 2 heterocycles. The number of furan rings is 1. The van der Waals surface area contributed by atoms with Crippen LogP contribution in [0.4, 0.5) is 5.69 Å². The molecule has 3 aromatic rings. The fourth-order valence-electron chi connectivity index (χ4n) is 2.87. The average molecular weight is 426 g/mol. The molecule has 0 saturated carbocycles. The van der Waals surface area contributed by atoms with E-state index in [1.54, 1.807) is 36.4 Å². The Morgan fingerprint density at radius 3 is 2.65 bits per heavy atom. The molecule has 1 aromatic carbocycles. The van der Waals surface area contributed by atoms with Crippen molar-refractivity contribution in [1.29, 1.82) is 0 Å². The van der Waals surface area contributed by atoms with Gasteiger partial charge in [0, 0.05) is 17.3 Å². The minimum Gasteiger partial charge on any atom is -0.497 e. The molecule has 0 unspecified atom stereocenters. The number of carbonyl (C=O) groups is 2. The molecule has 0 radical (unpaired) electrons. The van der Waals surface area contributed by atoms with Gasteiger partial charge in [0.05, 0.1) is 7.11 Å². The van der Waals surface area contributed by atoms with Gasteiger partial charge < -0.3 is 19.4 Å². The topological polar surface area (TPSA) is 115 Å². The number of methoxy groups -OCH3 is 1. The molecule has 0 bridgehead atoms. The van der Waals surface area contributed by atoms with Gasteiger partial charge in [0.15, 0.2) is 5.76 Å². The smallest absolute Gasteiger partial charge is 0.251 e. The third-order valence-electron chi connectivity index (χ3n) is 4.17. The van der Waals surface area contributed by atoms with Crippen LogP contribution in [0.2, 0.25) is 0 Å². The van der Waals surface area contributed by atoms with Crippen LogP contribution in [0.1, 0.15) is 26.5 Å². The lowest BCUT2D eigenvalue weighted by molar-refractivity contribution is -0.125. The molecule has 31 heavy (non-hydrogen) atoms. The Morgan fingerprint density at radius 2 is 2.00 bits per heavy atom. The summed E-state index contributed by atoms with van der Waals surface area (Å²) >= 11 is 0. The van der Waals surface area contributed by atoms with Crippen LogP contribution < -0.4 is 15.0 Å². The van der Waals surface area contributed by atoms with Crippen molar-refractivity contribution < 1.29 is 18.7 Å². The standard InChI is InChI=1S/C21H26N6O4/c1-14-9-10-17(31-14)20-23-25-27(24-20)13-19(29)26(12-18(28)22-21(2,3)4)15-7-6-8-16(11-15)30-5/h6-11H,12-13H2,1-5H3,(H,22,28). The first-order valence-corrected chi connectivity index (χ1v) is 9.74. The van der Waals surface area contributed by atoms with Crippen LogP contribution >= 0.6 is 0 Å². The molecule has 0 fully saturated rings. The number of aromatic nitrogens is 4. The maximum absolute atomic E-state index is 13.1. The molecule has 2 amide bonds. The van der Waals surface area contributed by atoms with Gasteiger partial charge in [-0.3, -0.25) is 9.59 Å². The number of hydrogen-bond acceptors (Lipinski definition) is 7. The first-order valence-electron chi connectivity index (χ1n) is 9.74. The summed E-state index contributed by atoms with van der Waals surface area (Å²) in [5.41, 5.74) is 0.0967. The van der Waals surface area contributed by atoms with Crippen molar-refractivity contribution in [3.63, 3.8) is 0 Å². The fraction of sp³-hybridized carbons (Fsp3) is 0.381. The predicted molar refractivity (Wildman–Crippen MR) is 113 cm³/mol. The zero-order valence-corrected chi connectivity index (χ0v) is 18.2. The second-order valence-electron chi connectivity index (χ2n) is 8.03. The minimum absolute atomic E-state index is 0.164. The zero-order chi connectivity index (χ0) is 22.6. The van der Waals surface area contributed by atoms with E-state index < -0.39 is 5.54 Å². The van der Waals surface area contributed by atoms with Gasteiger partial charge in [-0.05, 0) is 57.2 Å². The van der Waals surface area contributed by atoms with Gasteiger partial charge in [0.1, 0.15) is 24.6 Å². The number of amides is 2. The van der Waals surface area contributed by atoms with E-state index in [1.165, 1.54) is 16.8 Å². The summed E-state index contributed by atoms with van der Waals surface area (Å²) in [7, 11) is 1.54. The number of hydrogen-bond donors (Lipinski definition) is 1. The second-order valence-corrected chi connectivity index (χ2v) is 8.03. The molecule has 0 saturated heterocycles. The number of ether oxygens (including phenoxy) is 1. The summed E-state index contributed by atoms with van der Waals surface area (Å²) in [6, 6.07) is 10.5. The number of nitrogens with zero attached hydrogens (tertiary/aromatic N) is 5. The Labute approximate surface area is 180 Å². The van der Waals surface area contributed by atoms with E-state index in [0.717, 1.165) is 5.76 Å². The summed E-state index contributed by atoms with van der Waals surface area (Å²) in [4.78, 5) is 28.2. The van der Waals surface area contributed by atoms with Gasteiger partial charge >= 0.3 is 0 Å². The summed E-state index contributed by atoms with van der Waals surface area (Å²) in [6.07, 6.45) is 0. The number of aryl methyl sites for hydroxylation is 1. The molecular weight excluding hydrogens is 400 g/mol. The lowest BCUT2D eigenvalue weighted by atomic mass is 10.1. The van der Waals surface area contributed by atoms with Gasteiger partial charge in [-0.1, -0.05) is 6.07 Å². The van der Waals surface area contributed by atoms with Crippen LogP contribution in [0, 0.1) is 6.92 Å². The van der Waals surface area contributed by atoms with Gasteiger partial charge in [0.25, 0.3) is 5.91 Å². The molecule has 0 atom stereocenters. The molecule has 2 aromatic heterocycles. The summed E-state index contributed by atoms with van der Waals surface area (Å²) in [6.45, 7) is 7.07. The van der Waals surface area contributed by atoms with E-state index in [2.05, 4.69) is 20.7 Å². The van der Waals surface area contributed by atoms with Gasteiger partial charge in [-0.15, -0.1) is 10.2 Å². The zero-order valence-electron chi connectivity index (χ0n) is 18.2. The number of nitrogens with one attached hydrogen (secondary N) is 1. The number of anilines is 1. The van der Waals surface area contributed by atoms with Crippen molar-refractivity contribution in [2.24, 2.45) is 0 Å². The van der Waals surface area contributed by atoms with Crippen LogP contribution in [0.15, 0.2) is 40.8 Å². The van der Waals surface area contributed by atoms with Crippen molar-refractivity contribution >= 4 is 17.5 Å². The Bertz CT molecular complexity index is 1070. The number of carbonyl (C=O) groups excluding carboxylic acids is 2. The van der Waals surface area contributed by atoms with Crippen molar-refractivity contribution in [2.75, 3.05) is 18.6 Å². The highest BCUT2D eigenvalue weighted by Gasteiger charge is 2.23. The number of tetrazole rings is 1. The van der Waals surface area contributed by atoms with Crippen LogP contribution in [-0.2, 0) is 16.1 Å². The first-order chi connectivity index (χ1) is 14.6. The van der Waals surface area contributed by atoms with Crippen molar-refractivity contribution in [1.82, 2.24) is 25.5 Å². The number of rotatable bonds is 7. The summed E-state index contributed by atoms with van der Waals surface area (Å²) < 4.78 is 10.7. The molecule has 0 aliphatic rings. The second kappa shape index (κ2) is 8.99. The lowest BCUT2D eigenvalue weighted by Gasteiger charge is -2.26. The van der Waals surface area contributed by atoms with Gasteiger partial charge in [0.2, 0.25) is 11.7 Å². The molecule has 0 aliphatic heterocycles. The normalized spacial score (nSPS) is 11.3. The molecule has 1 N–H and O–H groups in total. The predicted octanol–water partition coefficient (Wildman–Crippen LogP) is 2.20. The molecule has 3 rings (SSSR count). The van der Waals surface area contributed by atoms with Crippen LogP contribution in [0.3, 0.4) is 0 Å². The molecule has 0 aliphatic carbocycles. The quantitative estimate of drug-likeness (QED) is 0.616. The van der Waals surface area contributed by atoms with E-state index in [9.17, 15) is 9.59 Å². The average Bonchev–Trinajstić information content (AvgIpc) is 3.33. The highest BCUT2D eigenvalue weighted by molar-refractivity contribution is 5.98. The van der Waals surface area contributed by atoms with Crippen LogP contribution in [0.5, 0.6) is 5.75 Å². The highest BCUT2D eigenvalue weighted by Crippen LogP contribution is 2.22. The molecular formula is C21H26N6O4. The van der Waals surface area contributed by atoms with Gasteiger partial charge in [-0.25, -0.2) is 0 Å². The maximum Gasteiger partial charge on any atom is 0.251 e. The third-order valence-corrected chi connectivity index (χ3v) is 4.17. The number of benzene rings is 1. The SMILES string of the molecule is COc1cccc(N(CC(=O)NC(C)(C)C)C(=O)Cn2nnc(-c3ccc(C)o3)n2)c1. The Morgan fingerprint density at radius 1 is 1.23 bits per heavy atom. The van der Waals surface area contributed by atoms with E-state index >= 15 is 0 Å². The Hall–Kier alpha value is -3.69. The minimum atomic E-state index is -0.427. The monoisotopic (exact) mass is 426 g/mol. The van der Waals surface area contributed by atoms with E-state index in [4.69, 9.17) is 9.15 Å². The first kappa shape index (κ1) is 22.0. The largest absolute Gasteiger partial charge is 0.497 e. The molecule has 10 nitrogen and oxygen atoms in total. The summed E-state index contributed by atoms with van der Waals surface area (Å²) in [5, 5.41) is 15.0. The van der Waals surface area contributed by atoms with Crippen LogP contribution in [-0.4, -0.2) is 51.2 Å². The maximum atomic E-state index is 13.1. The van der Waals surface area contributed by atoms with E-state index in [-0.39, 0.29) is 30.7 Å². The molecule has 164 valence electrons. The lowest BCUT2D eigenvalue weighted by Crippen LogP contribution is -2.48. The molecule has 0 spiro atoms. The third kappa shape index (κ3) is 5.91. The van der Waals surface area contributed by atoms with Crippen molar-refractivity contribution in [3.8, 4) is 17.3 Å². The Kier molecular flexibility index (Phi) is 6.38. The van der Waals surface area contributed by atoms with Gasteiger partial charge in [-0.2, -0.15) is 4.80 Å². The van der Waals surface area contributed by atoms with Crippen LogP contribution in [0.25, 0.3) is 11.6 Å². The molecule has 10 heteroatoms. The van der Waals surface area contributed by atoms with Crippen molar-refractivity contribution in [3.05, 3.63) is 42.2 Å². The highest BCUT2D eigenvalue weighted by atomic mass is 16.5. The Balaban J connectivity index is 1.81. The van der Waals surface area contributed by atoms with E-state index in [0.29, 0.717) is 17.2 Å². The van der Waals surface area contributed by atoms with Crippen molar-refractivity contribution in [2.45, 2.75) is 39.8 Å². The van der Waals surface area contributed by atoms with E-state index in [1.807, 2.05) is 27.7 Å². The fourth-order valence-corrected chi connectivity index (χ4v) is 2.87. The summed E-state index contributed by atoms with van der Waals surface area (Å²) in [5.74, 6) is 1.36.